The number of nitrogens with zero attached hydrogens (tertiary/aromatic N) is 1. The van der Waals surface area contributed by atoms with Crippen LogP contribution < -0.4 is 0 Å². The van der Waals surface area contributed by atoms with Gasteiger partial charge in [-0.15, -0.1) is 0 Å². The lowest BCUT2D eigenvalue weighted by atomic mass is 9.92. The van der Waals surface area contributed by atoms with E-state index < -0.39 is 0 Å². The van der Waals surface area contributed by atoms with E-state index in [-0.39, 0.29) is 6.10 Å². The van der Waals surface area contributed by atoms with Gasteiger partial charge < -0.3 is 10.0 Å². The molecule has 11 heavy (non-hydrogen) atoms. The van der Waals surface area contributed by atoms with Crippen molar-refractivity contribution in [2.24, 2.45) is 0 Å². The van der Waals surface area contributed by atoms with Crippen LogP contribution in [0, 0.1) is 0 Å². The molecule has 0 aromatic rings. The van der Waals surface area contributed by atoms with E-state index in [9.17, 15) is 5.11 Å². The molecule has 2 heteroatoms. The molecule has 0 unspecified atom stereocenters. The highest BCUT2D eigenvalue weighted by Gasteiger charge is 2.28. The lowest BCUT2D eigenvalue weighted by Crippen LogP contribution is -2.46. The van der Waals surface area contributed by atoms with Crippen molar-refractivity contribution >= 4 is 0 Å². The van der Waals surface area contributed by atoms with Crippen LogP contribution >= 0.6 is 0 Å². The van der Waals surface area contributed by atoms with Crippen LogP contribution in [0.3, 0.4) is 0 Å². The van der Waals surface area contributed by atoms with E-state index in [0.29, 0.717) is 6.04 Å². The average Bonchev–Trinajstić information content (AvgIpc) is 2.04. The molecule has 1 N–H and O–H groups in total. The smallest absolute Gasteiger partial charge is 0.0567 e. The van der Waals surface area contributed by atoms with E-state index in [0.717, 1.165) is 19.4 Å². The zero-order chi connectivity index (χ0) is 7.68. The van der Waals surface area contributed by atoms with Gasteiger partial charge in [-0.05, 0) is 32.2 Å². The first-order valence-corrected chi connectivity index (χ1v) is 4.78. The minimum atomic E-state index is -0.00523. The predicted molar refractivity (Wildman–Crippen MR) is 44.5 cm³/mol. The second-order valence-corrected chi connectivity index (χ2v) is 3.86. The molecule has 2 aliphatic heterocycles. The van der Waals surface area contributed by atoms with Crippen LogP contribution in [0.5, 0.6) is 0 Å². The van der Waals surface area contributed by atoms with Crippen LogP contribution in [-0.4, -0.2) is 35.2 Å². The Morgan fingerprint density at radius 1 is 1.09 bits per heavy atom. The zero-order valence-electron chi connectivity index (χ0n) is 7.00. The highest BCUT2D eigenvalue weighted by Crippen LogP contribution is 2.25. The second kappa shape index (κ2) is 3.11. The first kappa shape index (κ1) is 7.56. The second-order valence-electron chi connectivity index (χ2n) is 3.86. The molecular weight excluding hydrogens is 138 g/mol. The molecule has 0 aromatic heterocycles. The molecule has 64 valence electrons. The fourth-order valence-electron chi connectivity index (χ4n) is 2.37. The number of aliphatic hydroxyl groups is 1. The molecule has 0 spiro atoms. The zero-order valence-corrected chi connectivity index (χ0v) is 7.00. The first-order valence-electron chi connectivity index (χ1n) is 4.78. The quantitative estimate of drug-likeness (QED) is 0.564. The maximum absolute atomic E-state index is 9.42. The van der Waals surface area contributed by atoms with E-state index in [4.69, 9.17) is 0 Å². The van der Waals surface area contributed by atoms with E-state index in [1.54, 1.807) is 0 Å². The van der Waals surface area contributed by atoms with E-state index in [1.165, 1.54) is 25.8 Å². The summed E-state index contributed by atoms with van der Waals surface area (Å²) in [6.07, 6.45) is 6.07. The van der Waals surface area contributed by atoms with Crippen LogP contribution in [0.25, 0.3) is 0 Å². The number of hydrogen-bond donors (Lipinski definition) is 1. The monoisotopic (exact) mass is 155 g/mol. The Labute approximate surface area is 68.2 Å². The van der Waals surface area contributed by atoms with Crippen molar-refractivity contribution in [2.75, 3.05) is 13.1 Å². The average molecular weight is 155 g/mol. The normalized spacial score (nSPS) is 40.1. The Morgan fingerprint density at radius 3 is 2.91 bits per heavy atom. The van der Waals surface area contributed by atoms with Crippen molar-refractivity contribution in [3.8, 4) is 0 Å². The summed E-state index contributed by atoms with van der Waals surface area (Å²) < 4.78 is 0. The van der Waals surface area contributed by atoms with Crippen LogP contribution in [0.1, 0.15) is 32.1 Å². The van der Waals surface area contributed by atoms with Crippen LogP contribution in [-0.2, 0) is 0 Å². The first-order chi connectivity index (χ1) is 5.36. The van der Waals surface area contributed by atoms with Gasteiger partial charge >= 0.3 is 0 Å². The Balaban J connectivity index is 1.93. The summed E-state index contributed by atoms with van der Waals surface area (Å²) in [5, 5.41) is 9.42. The number of hydrogen-bond acceptors (Lipinski definition) is 2. The molecule has 0 aromatic carbocycles. The number of piperidine rings is 2. The molecule has 2 atom stereocenters. The minimum absolute atomic E-state index is 0.00523. The number of aliphatic hydroxyl groups excluding tert-OH is 1. The van der Waals surface area contributed by atoms with Gasteiger partial charge in [0.1, 0.15) is 0 Å². The van der Waals surface area contributed by atoms with Crippen molar-refractivity contribution in [1.82, 2.24) is 4.90 Å². The molecule has 0 radical (unpaired) electrons. The van der Waals surface area contributed by atoms with Gasteiger partial charge in [-0.25, -0.2) is 0 Å². The van der Waals surface area contributed by atoms with Gasteiger partial charge in [-0.2, -0.15) is 0 Å². The highest BCUT2D eigenvalue weighted by atomic mass is 16.3. The van der Waals surface area contributed by atoms with Gasteiger partial charge in [0.25, 0.3) is 0 Å². The third kappa shape index (κ3) is 1.57. The van der Waals surface area contributed by atoms with Crippen molar-refractivity contribution in [2.45, 2.75) is 44.2 Å². The summed E-state index contributed by atoms with van der Waals surface area (Å²) >= 11 is 0. The van der Waals surface area contributed by atoms with E-state index in [2.05, 4.69) is 4.90 Å². The minimum Gasteiger partial charge on any atom is -0.393 e. The van der Waals surface area contributed by atoms with Crippen molar-refractivity contribution in [3.05, 3.63) is 0 Å². The Bertz CT molecular complexity index is 138. The van der Waals surface area contributed by atoms with Crippen molar-refractivity contribution in [1.29, 1.82) is 0 Å². The summed E-state index contributed by atoms with van der Waals surface area (Å²) in [4.78, 5) is 2.55. The van der Waals surface area contributed by atoms with E-state index >= 15 is 0 Å². The van der Waals surface area contributed by atoms with Crippen LogP contribution in [0.15, 0.2) is 0 Å². The maximum Gasteiger partial charge on any atom is 0.0567 e. The summed E-state index contributed by atoms with van der Waals surface area (Å²) in [7, 11) is 0. The van der Waals surface area contributed by atoms with Gasteiger partial charge in [0.05, 0.1) is 6.10 Å². The largest absolute Gasteiger partial charge is 0.393 e. The molecule has 0 amide bonds. The summed E-state index contributed by atoms with van der Waals surface area (Å²) in [5.74, 6) is 0. The molecule has 2 aliphatic rings. The van der Waals surface area contributed by atoms with E-state index in [1.807, 2.05) is 0 Å². The van der Waals surface area contributed by atoms with Gasteiger partial charge in [0.2, 0.25) is 0 Å². The SMILES string of the molecule is O[C@H]1CCN2CCCC[C@H]2C1. The summed E-state index contributed by atoms with van der Waals surface area (Å²) in [6, 6.07) is 0.715. The molecule has 0 saturated carbocycles. The number of fused-ring (bicyclic) bond motifs is 1. The van der Waals surface area contributed by atoms with Crippen LogP contribution in [0.4, 0.5) is 0 Å². The van der Waals surface area contributed by atoms with Gasteiger partial charge in [-0.3, -0.25) is 0 Å². The highest BCUT2D eigenvalue weighted by molar-refractivity contribution is 4.84. The molecule has 2 saturated heterocycles. The molecule has 2 heterocycles. The molecule has 0 aliphatic carbocycles. The molecule has 2 fully saturated rings. The molecule has 0 bridgehead atoms. The Hall–Kier alpha value is -0.0800. The standard InChI is InChI=1S/C9H17NO/c11-9-4-6-10-5-2-1-3-8(10)7-9/h8-9,11H,1-7H2/t8-,9-/m0/s1. The Kier molecular flexibility index (Phi) is 2.14. The number of rotatable bonds is 0. The third-order valence-corrected chi connectivity index (χ3v) is 3.04. The lowest BCUT2D eigenvalue weighted by Gasteiger charge is -2.40. The fourth-order valence-corrected chi connectivity index (χ4v) is 2.37. The molecule has 2 rings (SSSR count). The van der Waals surface area contributed by atoms with Gasteiger partial charge in [0, 0.05) is 12.6 Å². The topological polar surface area (TPSA) is 23.5 Å². The van der Waals surface area contributed by atoms with Crippen molar-refractivity contribution < 1.29 is 5.11 Å². The van der Waals surface area contributed by atoms with Crippen molar-refractivity contribution in [3.63, 3.8) is 0 Å². The third-order valence-electron chi connectivity index (χ3n) is 3.04. The van der Waals surface area contributed by atoms with Gasteiger partial charge in [0.15, 0.2) is 0 Å². The van der Waals surface area contributed by atoms with Gasteiger partial charge in [-0.1, -0.05) is 6.42 Å². The lowest BCUT2D eigenvalue weighted by molar-refractivity contribution is 0.0236. The molecular formula is C9H17NO. The summed E-state index contributed by atoms with van der Waals surface area (Å²) in [6.45, 7) is 2.41. The maximum atomic E-state index is 9.42. The predicted octanol–water partition coefficient (Wildman–Crippen LogP) is 0.996. The molecule has 2 nitrogen and oxygen atoms in total. The summed E-state index contributed by atoms with van der Waals surface area (Å²) in [5.41, 5.74) is 0. The Morgan fingerprint density at radius 2 is 2.00 bits per heavy atom. The van der Waals surface area contributed by atoms with Crippen LogP contribution in [0.2, 0.25) is 0 Å². The fraction of sp³-hybridized carbons (Fsp3) is 1.00.